The van der Waals surface area contributed by atoms with Gasteiger partial charge in [0.1, 0.15) is 17.3 Å². The van der Waals surface area contributed by atoms with E-state index in [2.05, 4.69) is 11.3 Å². The topological polar surface area (TPSA) is 35.9 Å². The van der Waals surface area contributed by atoms with E-state index < -0.39 is 351 Å². The molecule has 0 atom stereocenters. The molecular weight excluding hydrogens is 1220 g/mol. The molecule has 5 nitrogen and oxygen atoms in total. The fourth-order valence-electron chi connectivity index (χ4n) is 12.2. The predicted octanol–water partition coefficient (Wildman–Crippen LogP) is 20.3. The number of benzene rings is 14. The maximum absolute atomic E-state index is 11.3. The molecule has 0 saturated heterocycles. The summed E-state index contributed by atoms with van der Waals surface area (Å²) in [6, 6.07) is -14.5. The molecule has 0 aliphatic heterocycles. The van der Waals surface area contributed by atoms with Crippen molar-refractivity contribution < 1.29 is 72.4 Å². The predicted molar refractivity (Wildman–Crippen MR) is 413 cm³/mol. The highest BCUT2D eigenvalue weighted by atomic mass is 28.3. The minimum atomic E-state index is -6.80. The highest BCUT2D eigenvalue weighted by Crippen LogP contribution is 2.41. The van der Waals surface area contributed by atoms with Crippen molar-refractivity contribution in [3.63, 3.8) is 0 Å². The van der Waals surface area contributed by atoms with Crippen molar-refractivity contribution >= 4 is 61.7 Å². The maximum atomic E-state index is 11.3. The van der Waals surface area contributed by atoms with E-state index >= 15 is 0 Å². The number of para-hydroxylation sites is 2. The standard InChI is InChI=1S/C93H68N4OSi/c1-64-28-24-29-65(2)92(64)71-50-53-88-90(59-71)95(75-37-26-38-76(60-75)98-77-51-52-85-84-46-22-23-49-87(84)97(89(85)61-77)91-54-66(3)86(62-94-91)69-34-14-6-15-35-69)63-96(88)93-82(47-27-48-83(93)74-56-72(67-30-10-4-11-31-67)55-73(57-74)68-32-12-5-13-33-68)70-36-25-45-81(58-70)99(78-39-16-7-17-40-78,79-41-18-8-19-42-79)80-43-20-9-21-44-80/h4-62H,1-3H3/i1D3,2D3,3D3,4D,5D,6D,7D,8D,9D,10D,11D,12D,13D,14D,15D,16D,17D,18D,19D,20D,21D,25D,30D,31D,32D,33D,34D,35D,36D,39D,40D,41D,42D,43D,44D,45D,55D,56D,57D,58D. The minimum absolute atomic E-state index is 0.0271. The van der Waals surface area contributed by atoms with Crippen molar-refractivity contribution in [2.75, 3.05) is 0 Å². The van der Waals surface area contributed by atoms with Gasteiger partial charge < -0.3 is 4.74 Å². The fourth-order valence-corrected chi connectivity index (χ4v) is 15.8. The number of aromatic nitrogens is 4. The van der Waals surface area contributed by atoms with Gasteiger partial charge in [0.25, 0.3) is 6.33 Å². The largest absolute Gasteiger partial charge is 0.458 e. The summed E-state index contributed by atoms with van der Waals surface area (Å²) >= 11 is 0. The number of aryl methyl sites for hydroxylation is 3. The fraction of sp³-hybridized carbons (Fsp3) is 0.0323. The number of hydrogen-bond acceptors (Lipinski definition) is 2. The summed E-state index contributed by atoms with van der Waals surface area (Å²) in [5.74, 6) is -0.0945. The van der Waals surface area contributed by atoms with Crippen LogP contribution in [-0.4, -0.2) is 22.2 Å². The Morgan fingerprint density at radius 1 is 0.394 bits per heavy atom. The first-order valence-corrected chi connectivity index (χ1v) is 32.1. The lowest BCUT2D eigenvalue weighted by atomic mass is 9.90. The van der Waals surface area contributed by atoms with Gasteiger partial charge in [0.2, 0.25) is 0 Å². The molecule has 0 aliphatic carbocycles. The first kappa shape index (κ1) is 28.7. The zero-order valence-corrected chi connectivity index (χ0v) is 51.9. The number of pyridine rings is 1. The second-order valence-corrected chi connectivity index (χ2v) is 25.6. The van der Waals surface area contributed by atoms with Crippen molar-refractivity contribution in [1.29, 1.82) is 0 Å². The van der Waals surface area contributed by atoms with Gasteiger partial charge in [-0.05, 0) is 186 Å². The minimum Gasteiger partial charge on any atom is -0.458 e. The smallest absolute Gasteiger partial charge is 0.269 e. The molecule has 14 aromatic carbocycles. The summed E-state index contributed by atoms with van der Waals surface area (Å²) in [5.41, 5.74) is -10.9. The molecule has 6 heteroatoms. The van der Waals surface area contributed by atoms with Gasteiger partial charge in [0.05, 0.1) is 84.2 Å². The van der Waals surface area contributed by atoms with Gasteiger partial charge in [-0.25, -0.2) is 4.98 Å². The molecule has 0 unspecified atom stereocenters. The average Bonchev–Trinajstić information content (AvgIpc) is 1.06. The zero-order valence-electron chi connectivity index (χ0n) is 96.9. The van der Waals surface area contributed by atoms with Crippen LogP contribution in [0.15, 0.2) is 357 Å². The number of nitrogens with zero attached hydrogens (tertiary/aromatic N) is 4. The molecule has 0 spiro atoms. The summed E-state index contributed by atoms with van der Waals surface area (Å²) in [7, 11) is -6.80. The molecule has 470 valence electrons. The molecule has 17 aromatic rings. The zero-order chi connectivity index (χ0) is 106. The van der Waals surface area contributed by atoms with Crippen LogP contribution in [0, 0.1) is 26.9 Å². The summed E-state index contributed by atoms with van der Waals surface area (Å²) < 4.78 is 442. The molecule has 0 radical (unpaired) electrons. The third-order valence-electron chi connectivity index (χ3n) is 16.5. The number of rotatable bonds is 15. The van der Waals surface area contributed by atoms with Gasteiger partial charge in [0.15, 0.2) is 8.07 Å². The average molecular weight is 1330 g/mol. The van der Waals surface area contributed by atoms with Gasteiger partial charge in [0, 0.05) is 40.9 Å². The van der Waals surface area contributed by atoms with Gasteiger partial charge in [-0.1, -0.05) is 278 Å². The van der Waals surface area contributed by atoms with Crippen molar-refractivity contribution in [3.05, 3.63) is 380 Å². The van der Waals surface area contributed by atoms with E-state index in [1.807, 2.05) is 0 Å². The number of fused-ring (bicyclic) bond motifs is 4. The van der Waals surface area contributed by atoms with Gasteiger partial charge >= 0.3 is 0 Å². The Morgan fingerprint density at radius 2 is 0.939 bits per heavy atom. The summed E-state index contributed by atoms with van der Waals surface area (Å²) in [6.45, 7) is -9.29. The first-order valence-electron chi connectivity index (χ1n) is 53.1. The molecule has 0 aliphatic rings. The van der Waals surface area contributed by atoms with E-state index in [1.165, 1.54) is 59.2 Å². The highest BCUT2D eigenvalue weighted by Gasteiger charge is 2.41. The van der Waals surface area contributed by atoms with Crippen LogP contribution in [0.4, 0.5) is 0 Å². The van der Waals surface area contributed by atoms with Crippen molar-refractivity contribution in [3.8, 4) is 95.5 Å². The van der Waals surface area contributed by atoms with Crippen molar-refractivity contribution in [1.82, 2.24) is 14.1 Å². The van der Waals surface area contributed by atoms with Crippen molar-refractivity contribution in [2.24, 2.45) is 0 Å². The van der Waals surface area contributed by atoms with E-state index in [9.17, 15) is 31.5 Å². The van der Waals surface area contributed by atoms with Crippen LogP contribution in [0.1, 0.15) is 79.7 Å². The summed E-state index contributed by atoms with van der Waals surface area (Å²) in [5, 5.41) is -4.02. The molecule has 17 rings (SSSR count). The van der Waals surface area contributed by atoms with Gasteiger partial charge in [-0.3, -0.25) is 13.7 Å². The summed E-state index contributed by atoms with van der Waals surface area (Å²) in [6.07, 6.45) is 4.31. The van der Waals surface area contributed by atoms with Crippen LogP contribution >= 0.6 is 0 Å². The van der Waals surface area contributed by atoms with Crippen LogP contribution in [0.3, 0.4) is 0 Å². The Kier molecular flexibility index (Phi) is 7.41. The Morgan fingerprint density at radius 3 is 1.59 bits per heavy atom. The van der Waals surface area contributed by atoms with Crippen molar-refractivity contribution in [2.45, 2.75) is 20.6 Å². The van der Waals surface area contributed by atoms with Crippen LogP contribution in [0.25, 0.3) is 117 Å². The Labute approximate surface area is 643 Å². The third-order valence-corrected chi connectivity index (χ3v) is 20.5. The van der Waals surface area contributed by atoms with E-state index in [0.29, 0.717) is 21.8 Å². The molecule has 0 fully saturated rings. The van der Waals surface area contributed by atoms with E-state index in [1.54, 1.807) is 47.0 Å². The van der Waals surface area contributed by atoms with Crippen LogP contribution < -0.4 is 30.1 Å². The summed E-state index contributed by atoms with van der Waals surface area (Å²) in [4.78, 5) is 4.69. The Balaban J connectivity index is 1.04. The van der Waals surface area contributed by atoms with Crippen LogP contribution in [0.2, 0.25) is 0 Å². The second-order valence-electron chi connectivity index (χ2n) is 22.1. The molecule has 0 amide bonds. The lowest BCUT2D eigenvalue weighted by molar-refractivity contribution is -0.571. The first-order chi connectivity index (χ1) is 67.8. The van der Waals surface area contributed by atoms with E-state index in [4.69, 9.17) is 36.3 Å². The second kappa shape index (κ2) is 25.6. The molecule has 0 bridgehead atoms. The SMILES string of the molecule is [2H]c1c([2H])c([2H])c(-c2cnc(-n3c4ccccc4c4ccc(Oc5cccc(-n6[c-][n+](-c7c(-c8c([2H])c(-c9c([2H])c([2H])c([2H])c([2H])c9[2H])c([2H])c(-c9c([2H])c([2H])c([2H])c([2H])c9[2H])c8[2H])cccc7-c7c([2H])c([2H])c([2H])c([Si](c8c([2H])c([2H])c([2H])c([2H])c8[2H])(c8c([2H])c([2H])c([2H])c([2H])c8[2H])c8c([2H])c([2H])c([2H])c([2H])c8[2H])c7[2H])c7ccc(-c8c(C([2H])([2H])[2H])cccc8C([2H])([2H])[2H])cc76)c5)cc43)cc2C([2H])([2H])[2H])c([2H])c1[2H]. The Hall–Kier alpha value is -12.5. The van der Waals surface area contributed by atoms with E-state index in [0.717, 1.165) is 41.1 Å². The number of ether oxygens (including phenoxy) is 1. The highest BCUT2D eigenvalue weighted by molar-refractivity contribution is 7.20. The van der Waals surface area contributed by atoms with Gasteiger partial charge in [-0.2, -0.15) is 0 Å². The lowest BCUT2D eigenvalue weighted by Crippen LogP contribution is -2.74. The Bertz CT molecular complexity index is 8120. The van der Waals surface area contributed by atoms with Gasteiger partial charge in [-0.15, -0.1) is 0 Å². The molecule has 0 N–H and O–H groups in total. The molecule has 3 aromatic heterocycles. The number of imidazole rings is 1. The third kappa shape index (κ3) is 10.9. The lowest BCUT2D eigenvalue weighted by Gasteiger charge is -2.34. The molecule has 0 saturated carbocycles. The molecule has 99 heavy (non-hydrogen) atoms. The van der Waals surface area contributed by atoms with Crippen LogP contribution in [0.5, 0.6) is 11.5 Å². The molecule has 3 heterocycles. The maximum Gasteiger partial charge on any atom is 0.269 e. The van der Waals surface area contributed by atoms with E-state index in [-0.39, 0.29) is 45.2 Å². The quantitative estimate of drug-likeness (QED) is 0.0444. The number of hydrogen-bond donors (Lipinski definition) is 0. The molecular formula is C93H68N4OSi. The van der Waals surface area contributed by atoms with Crippen LogP contribution in [-0.2, 0) is 0 Å². The monoisotopic (exact) mass is 1330 g/mol. The normalized spacial score (nSPS) is 18.5.